The van der Waals surface area contributed by atoms with E-state index in [0.29, 0.717) is 13.1 Å². The Kier molecular flexibility index (Phi) is 13.7. The largest absolute Gasteiger partial charge is 0.391 e. The molecule has 0 aromatic carbocycles. The number of quaternary nitrogens is 1. The summed E-state index contributed by atoms with van der Waals surface area (Å²) in [6.07, 6.45) is 0. The molecule has 0 spiro atoms. The summed E-state index contributed by atoms with van der Waals surface area (Å²) in [5, 5.41) is 33.0. The summed E-state index contributed by atoms with van der Waals surface area (Å²) in [5.41, 5.74) is 0. The molecule has 0 saturated carbocycles. The number of aliphatic hydroxyl groups is 2. The van der Waals surface area contributed by atoms with Gasteiger partial charge in [-0.3, -0.25) is 0 Å². The van der Waals surface area contributed by atoms with E-state index in [0.717, 1.165) is 0 Å². The molecule has 4 N–H and O–H groups in total. The fourth-order valence-electron chi connectivity index (χ4n) is 0.327. The first-order valence-corrected chi connectivity index (χ1v) is 3.00. The van der Waals surface area contributed by atoms with Crippen molar-refractivity contribution in [1.29, 1.82) is 0 Å². The average molecular weight is 168 g/mol. The van der Waals surface area contributed by atoms with Crippen LogP contribution >= 0.6 is 0 Å². The number of hydrogen-bond donors (Lipinski definition) is 3. The molecule has 0 rings (SSSR count). The van der Waals surface area contributed by atoms with Crippen LogP contribution in [-0.2, 0) is 0 Å². The third-order valence-corrected chi connectivity index (χ3v) is 0.666. The van der Waals surface area contributed by atoms with Gasteiger partial charge in [-0.1, -0.05) is 0 Å². The minimum absolute atomic E-state index is 0.194. The van der Waals surface area contributed by atoms with Crippen molar-refractivity contribution in [1.82, 2.24) is 0 Å². The molecule has 0 aliphatic rings. The van der Waals surface area contributed by atoms with Crippen LogP contribution in [0.25, 0.3) is 0 Å². The smallest absolute Gasteiger partial charge is 0.0991 e. The summed E-state index contributed by atoms with van der Waals surface area (Å²) in [7, 11) is 0. The zero-order chi connectivity index (χ0) is 9.11. The first kappa shape index (κ1) is 12.7. The standard InChI is InChI=1S/C4H11NO2.NO3/c6-3-1-5-2-4-7;2-1(3)4/h5-7H,1-4H2;/q;-1/p+1. The maximum Gasteiger partial charge on any atom is 0.0991 e. The van der Waals surface area contributed by atoms with Crippen molar-refractivity contribution in [2.24, 2.45) is 0 Å². The second kappa shape index (κ2) is 11.8. The normalized spacial score (nSPS) is 8.18. The Labute approximate surface area is 63.4 Å². The van der Waals surface area contributed by atoms with Crippen LogP contribution in [0.5, 0.6) is 0 Å². The molecule has 11 heavy (non-hydrogen) atoms. The summed E-state index contributed by atoms with van der Waals surface area (Å²) in [4.78, 5) is 8.25. The van der Waals surface area contributed by atoms with E-state index in [4.69, 9.17) is 25.5 Å². The van der Waals surface area contributed by atoms with Crippen molar-refractivity contribution in [2.75, 3.05) is 26.3 Å². The topological polar surface area (TPSA) is 123 Å². The molecule has 0 fully saturated rings. The van der Waals surface area contributed by atoms with Crippen molar-refractivity contribution in [2.45, 2.75) is 0 Å². The third-order valence-electron chi connectivity index (χ3n) is 0.666. The molecule has 0 atom stereocenters. The van der Waals surface area contributed by atoms with Gasteiger partial charge in [-0.15, -0.1) is 0 Å². The zero-order valence-corrected chi connectivity index (χ0v) is 5.97. The molecule has 0 heterocycles. The van der Waals surface area contributed by atoms with Crippen LogP contribution < -0.4 is 5.32 Å². The maximum absolute atomic E-state index is 8.25. The Morgan fingerprint density at radius 2 is 1.45 bits per heavy atom. The second-order valence-corrected chi connectivity index (χ2v) is 1.54. The molecule has 0 aliphatic carbocycles. The predicted octanol–water partition coefficient (Wildman–Crippen LogP) is -2.70. The van der Waals surface area contributed by atoms with Gasteiger partial charge < -0.3 is 30.9 Å². The Balaban J connectivity index is 0. The summed E-state index contributed by atoms with van der Waals surface area (Å²) in [6, 6.07) is 0. The minimum Gasteiger partial charge on any atom is -0.391 e. The molecular formula is C4H12N2O5. The first-order chi connectivity index (χ1) is 5.15. The Hall–Kier alpha value is -0.920. The number of nitrogens with two attached hydrogens (primary N) is 1. The van der Waals surface area contributed by atoms with Gasteiger partial charge in [0.05, 0.1) is 31.4 Å². The number of nitrogens with zero attached hydrogens (tertiary/aromatic N) is 1. The molecule has 0 aromatic rings. The second-order valence-electron chi connectivity index (χ2n) is 1.54. The molecular weight excluding hydrogens is 156 g/mol. The molecule has 0 bridgehead atoms. The van der Waals surface area contributed by atoms with E-state index < -0.39 is 5.09 Å². The van der Waals surface area contributed by atoms with Crippen molar-refractivity contribution in [3.05, 3.63) is 15.3 Å². The van der Waals surface area contributed by atoms with Gasteiger partial charge in [-0.25, -0.2) is 0 Å². The van der Waals surface area contributed by atoms with Crippen LogP contribution in [0.1, 0.15) is 0 Å². The van der Waals surface area contributed by atoms with Crippen LogP contribution in [0, 0.1) is 15.3 Å². The Morgan fingerprint density at radius 3 is 1.64 bits per heavy atom. The van der Waals surface area contributed by atoms with E-state index in [1.807, 2.05) is 5.32 Å². The molecule has 0 saturated heterocycles. The molecule has 0 radical (unpaired) electrons. The first-order valence-electron chi connectivity index (χ1n) is 3.00. The molecule has 7 heteroatoms. The average Bonchev–Trinajstić information content (AvgIpc) is 1.88. The van der Waals surface area contributed by atoms with Crippen molar-refractivity contribution in [3.8, 4) is 0 Å². The van der Waals surface area contributed by atoms with Gasteiger partial charge >= 0.3 is 0 Å². The Bertz CT molecular complexity index is 80.6. The molecule has 68 valence electrons. The molecule has 0 amide bonds. The van der Waals surface area contributed by atoms with Crippen LogP contribution in [0.4, 0.5) is 0 Å². The van der Waals surface area contributed by atoms with E-state index in [1.165, 1.54) is 0 Å². The molecule has 0 aromatic heterocycles. The van der Waals surface area contributed by atoms with Crippen LogP contribution in [0.15, 0.2) is 0 Å². The lowest BCUT2D eigenvalue weighted by Crippen LogP contribution is -2.85. The fourth-order valence-corrected chi connectivity index (χ4v) is 0.327. The van der Waals surface area contributed by atoms with Gasteiger partial charge in [0.25, 0.3) is 0 Å². The third kappa shape index (κ3) is 48.0. The number of aliphatic hydroxyl groups excluding tert-OH is 2. The Morgan fingerprint density at radius 1 is 1.18 bits per heavy atom. The fraction of sp³-hybridized carbons (Fsp3) is 1.00. The SMILES string of the molecule is O=[N+]([O-])[O-].OCC[NH2+]CCO. The number of rotatable bonds is 4. The highest BCUT2D eigenvalue weighted by molar-refractivity contribution is 4.15. The van der Waals surface area contributed by atoms with E-state index in [9.17, 15) is 0 Å². The molecule has 0 unspecified atom stereocenters. The van der Waals surface area contributed by atoms with Crippen molar-refractivity contribution < 1.29 is 20.6 Å². The van der Waals surface area contributed by atoms with E-state index >= 15 is 0 Å². The van der Waals surface area contributed by atoms with Crippen LogP contribution in [-0.4, -0.2) is 41.6 Å². The van der Waals surface area contributed by atoms with Gasteiger partial charge in [0.2, 0.25) is 0 Å². The summed E-state index contributed by atoms with van der Waals surface area (Å²) in [6.45, 7) is 1.78. The van der Waals surface area contributed by atoms with Crippen LogP contribution in [0.3, 0.4) is 0 Å². The summed E-state index contributed by atoms with van der Waals surface area (Å²) in [5.74, 6) is 0. The van der Waals surface area contributed by atoms with E-state index in [2.05, 4.69) is 0 Å². The summed E-state index contributed by atoms with van der Waals surface area (Å²) < 4.78 is 0. The molecule has 7 nitrogen and oxygen atoms in total. The zero-order valence-electron chi connectivity index (χ0n) is 5.97. The minimum atomic E-state index is -1.75. The quantitative estimate of drug-likeness (QED) is 0.239. The highest BCUT2D eigenvalue weighted by Gasteiger charge is 1.82. The maximum atomic E-state index is 8.25. The van der Waals surface area contributed by atoms with E-state index in [1.54, 1.807) is 0 Å². The number of hydrogen-bond acceptors (Lipinski definition) is 5. The van der Waals surface area contributed by atoms with Gasteiger partial charge in [0, 0.05) is 0 Å². The predicted molar refractivity (Wildman–Crippen MR) is 36.2 cm³/mol. The van der Waals surface area contributed by atoms with Crippen LogP contribution in [0.2, 0.25) is 0 Å². The summed E-state index contributed by atoms with van der Waals surface area (Å²) >= 11 is 0. The lowest BCUT2D eigenvalue weighted by Gasteiger charge is -1.91. The molecule has 0 aliphatic heterocycles. The van der Waals surface area contributed by atoms with E-state index in [-0.39, 0.29) is 13.2 Å². The van der Waals surface area contributed by atoms with Gasteiger partial charge in [-0.2, -0.15) is 0 Å². The highest BCUT2D eigenvalue weighted by atomic mass is 16.9. The monoisotopic (exact) mass is 168 g/mol. The lowest BCUT2D eigenvalue weighted by molar-refractivity contribution is -0.657. The van der Waals surface area contributed by atoms with Crippen molar-refractivity contribution >= 4 is 0 Å². The van der Waals surface area contributed by atoms with Gasteiger partial charge in [0.1, 0.15) is 0 Å². The highest BCUT2D eigenvalue weighted by Crippen LogP contribution is 1.44. The lowest BCUT2D eigenvalue weighted by atomic mass is 10.6. The van der Waals surface area contributed by atoms with Gasteiger partial charge in [-0.05, 0) is 0 Å². The van der Waals surface area contributed by atoms with Gasteiger partial charge in [0.15, 0.2) is 0 Å². The van der Waals surface area contributed by atoms with Crippen molar-refractivity contribution in [3.63, 3.8) is 0 Å².